The largest absolute Gasteiger partial charge is 0.507 e. The van der Waals surface area contributed by atoms with E-state index in [1.165, 1.54) is 7.11 Å². The molecule has 0 saturated heterocycles. The van der Waals surface area contributed by atoms with Gasteiger partial charge in [0.1, 0.15) is 35.2 Å². The van der Waals surface area contributed by atoms with Gasteiger partial charge in [-0.25, -0.2) is 4.79 Å². The van der Waals surface area contributed by atoms with Crippen LogP contribution >= 0.6 is 0 Å². The first kappa shape index (κ1) is 26.9. The summed E-state index contributed by atoms with van der Waals surface area (Å²) in [5.74, 6) is 1.16. The molecule has 1 heterocycles. The summed E-state index contributed by atoms with van der Waals surface area (Å²) in [6.07, 6.45) is 7.28. The van der Waals surface area contributed by atoms with Crippen molar-refractivity contribution in [2.75, 3.05) is 13.7 Å². The van der Waals surface area contributed by atoms with Crippen molar-refractivity contribution in [2.45, 2.75) is 45.8 Å². The van der Waals surface area contributed by atoms with Crippen LogP contribution in [0.3, 0.4) is 0 Å². The van der Waals surface area contributed by atoms with Crippen LogP contribution < -0.4 is 14.2 Å². The van der Waals surface area contributed by atoms with Crippen molar-refractivity contribution in [1.29, 1.82) is 0 Å². The molecule has 1 N–H and O–H groups in total. The fourth-order valence-corrected chi connectivity index (χ4v) is 4.09. The molecule has 0 saturated carbocycles. The lowest BCUT2D eigenvalue weighted by Crippen LogP contribution is -2.27. The van der Waals surface area contributed by atoms with E-state index < -0.39 is 11.6 Å². The van der Waals surface area contributed by atoms with Crippen molar-refractivity contribution >= 4 is 23.7 Å². The summed E-state index contributed by atoms with van der Waals surface area (Å²) < 4.78 is 23.2. The van der Waals surface area contributed by atoms with E-state index in [0.717, 1.165) is 18.4 Å². The number of carbonyl (C=O) groups excluding carboxylic acids is 1. The summed E-state index contributed by atoms with van der Waals surface area (Å²) in [6.45, 7) is 6.89. The number of phenols is 1. The van der Waals surface area contributed by atoms with Crippen LogP contribution in [0.25, 0.3) is 17.7 Å². The van der Waals surface area contributed by atoms with E-state index in [4.69, 9.17) is 18.9 Å². The highest BCUT2D eigenvalue weighted by atomic mass is 16.5. The lowest BCUT2D eigenvalue weighted by molar-refractivity contribution is -0.133. The normalized spacial score (nSPS) is 13.8. The van der Waals surface area contributed by atoms with Crippen molar-refractivity contribution < 1.29 is 28.8 Å². The monoisotopic (exact) mass is 514 g/mol. The number of hydrogen-bond donors (Lipinski definition) is 1. The average Bonchev–Trinajstić information content (AvgIpc) is 2.92. The molecule has 1 aliphatic heterocycles. The third-order valence-electron chi connectivity index (χ3n) is 6.18. The Hall–Kier alpha value is -4.19. The first-order valence-electron chi connectivity index (χ1n) is 12.8. The lowest BCUT2D eigenvalue weighted by Gasteiger charge is -2.28. The predicted octanol–water partition coefficient (Wildman–Crippen LogP) is 7.05. The summed E-state index contributed by atoms with van der Waals surface area (Å²) in [6, 6.07) is 18.7. The topological polar surface area (TPSA) is 74.2 Å². The number of ether oxygens (including phenoxy) is 4. The second-order valence-corrected chi connectivity index (χ2v) is 9.64. The first-order valence-corrected chi connectivity index (χ1v) is 12.8. The molecule has 0 bridgehead atoms. The molecule has 0 aliphatic carbocycles. The minimum absolute atomic E-state index is 0.0157. The van der Waals surface area contributed by atoms with E-state index in [2.05, 4.69) is 6.92 Å². The van der Waals surface area contributed by atoms with Gasteiger partial charge in [0, 0.05) is 17.2 Å². The number of rotatable bonds is 10. The number of carbonyl (C=O) groups is 1. The number of unbranched alkanes of at least 4 members (excludes halogenated alkanes) is 1. The predicted molar refractivity (Wildman–Crippen MR) is 149 cm³/mol. The summed E-state index contributed by atoms with van der Waals surface area (Å²) >= 11 is 0. The van der Waals surface area contributed by atoms with Gasteiger partial charge in [0.15, 0.2) is 0 Å². The number of phenolic OH excluding ortho intramolecular Hbond substituents is 1. The zero-order valence-corrected chi connectivity index (χ0v) is 22.3. The van der Waals surface area contributed by atoms with Crippen molar-refractivity contribution in [3.63, 3.8) is 0 Å². The molecule has 0 radical (unpaired) electrons. The number of aromatic hydroxyl groups is 1. The summed E-state index contributed by atoms with van der Waals surface area (Å²) in [5.41, 5.74) is 2.30. The van der Waals surface area contributed by atoms with Crippen LogP contribution in [0, 0.1) is 0 Å². The van der Waals surface area contributed by atoms with Crippen LogP contribution in [-0.2, 0) is 16.1 Å². The molecule has 0 fully saturated rings. The standard InChI is InChI=1S/C32H34O6/c1-5-6-18-36-24-13-14-25(29(20-24)37-21-22-10-8-7-9-11-22)27(31(34)35-4)19-23-12-15-28-26(30(23)33)16-17-32(2,3)38-28/h7-17,19-20,33H,5-6,18,21H2,1-4H3. The number of hydrogen-bond acceptors (Lipinski definition) is 6. The summed E-state index contributed by atoms with van der Waals surface area (Å²) in [7, 11) is 1.33. The molecule has 3 aromatic carbocycles. The fourth-order valence-electron chi connectivity index (χ4n) is 4.09. The molecule has 0 amide bonds. The van der Waals surface area contributed by atoms with Gasteiger partial charge in [-0.2, -0.15) is 0 Å². The smallest absolute Gasteiger partial charge is 0.338 e. The molecule has 1 aliphatic rings. The zero-order chi connectivity index (χ0) is 27.1. The van der Waals surface area contributed by atoms with Gasteiger partial charge in [0.05, 0.1) is 24.9 Å². The van der Waals surface area contributed by atoms with Gasteiger partial charge in [-0.1, -0.05) is 43.7 Å². The van der Waals surface area contributed by atoms with Crippen molar-refractivity contribution in [3.8, 4) is 23.0 Å². The summed E-state index contributed by atoms with van der Waals surface area (Å²) in [5, 5.41) is 11.1. The molecule has 3 aromatic rings. The average molecular weight is 515 g/mol. The molecule has 0 unspecified atom stereocenters. The van der Waals surface area contributed by atoms with Crippen molar-refractivity contribution in [2.24, 2.45) is 0 Å². The van der Waals surface area contributed by atoms with Crippen LogP contribution in [0.4, 0.5) is 0 Å². The number of benzene rings is 3. The third kappa shape index (κ3) is 6.38. The quantitative estimate of drug-likeness (QED) is 0.135. The van der Waals surface area contributed by atoms with Gasteiger partial charge >= 0.3 is 5.97 Å². The maximum absolute atomic E-state index is 13.0. The maximum Gasteiger partial charge on any atom is 0.338 e. The molecule has 198 valence electrons. The Morgan fingerprint density at radius 1 is 1.05 bits per heavy atom. The van der Waals surface area contributed by atoms with Crippen molar-refractivity contribution in [1.82, 2.24) is 0 Å². The molecule has 0 aromatic heterocycles. The van der Waals surface area contributed by atoms with Crippen LogP contribution in [-0.4, -0.2) is 30.4 Å². The molecular formula is C32H34O6. The molecule has 6 nitrogen and oxygen atoms in total. The van der Waals surface area contributed by atoms with Gasteiger partial charge in [-0.05, 0) is 68.3 Å². The Bertz CT molecular complexity index is 1340. The van der Waals surface area contributed by atoms with Crippen LogP contribution in [0.15, 0.2) is 66.7 Å². The second-order valence-electron chi connectivity index (χ2n) is 9.64. The minimum Gasteiger partial charge on any atom is -0.507 e. The van der Waals surface area contributed by atoms with E-state index in [0.29, 0.717) is 47.2 Å². The zero-order valence-electron chi connectivity index (χ0n) is 22.3. The highest BCUT2D eigenvalue weighted by molar-refractivity contribution is 6.22. The van der Waals surface area contributed by atoms with Crippen LogP contribution in [0.2, 0.25) is 0 Å². The minimum atomic E-state index is -0.556. The van der Waals surface area contributed by atoms with Gasteiger partial charge < -0.3 is 24.1 Å². The first-order chi connectivity index (χ1) is 18.3. The van der Waals surface area contributed by atoms with E-state index >= 15 is 0 Å². The highest BCUT2D eigenvalue weighted by Gasteiger charge is 2.25. The van der Waals surface area contributed by atoms with Gasteiger partial charge in [-0.3, -0.25) is 0 Å². The maximum atomic E-state index is 13.0. The molecule has 4 rings (SSSR count). The SMILES string of the molecule is CCCCOc1ccc(C(=Cc2ccc3c(c2O)C=CC(C)(C)O3)C(=O)OC)c(OCc2ccccc2)c1. The third-order valence-corrected chi connectivity index (χ3v) is 6.18. The highest BCUT2D eigenvalue weighted by Crippen LogP contribution is 2.40. The lowest BCUT2D eigenvalue weighted by atomic mass is 9.97. The number of esters is 1. The van der Waals surface area contributed by atoms with Crippen molar-refractivity contribution in [3.05, 3.63) is 89.0 Å². The van der Waals surface area contributed by atoms with E-state index in [-0.39, 0.29) is 11.3 Å². The van der Waals surface area contributed by atoms with E-state index in [1.54, 1.807) is 30.3 Å². The fraction of sp³-hybridized carbons (Fsp3) is 0.281. The molecule has 0 spiro atoms. The number of methoxy groups -OCH3 is 1. The van der Waals surface area contributed by atoms with E-state index in [1.807, 2.05) is 62.4 Å². The Morgan fingerprint density at radius 2 is 1.84 bits per heavy atom. The second kappa shape index (κ2) is 11.9. The number of fused-ring (bicyclic) bond motifs is 1. The molecule has 38 heavy (non-hydrogen) atoms. The molecular weight excluding hydrogens is 480 g/mol. The Balaban J connectivity index is 1.75. The van der Waals surface area contributed by atoms with Crippen LogP contribution in [0.5, 0.6) is 23.0 Å². The summed E-state index contributed by atoms with van der Waals surface area (Å²) in [4.78, 5) is 13.0. The van der Waals surface area contributed by atoms with Gasteiger partial charge in [0.2, 0.25) is 0 Å². The Kier molecular flexibility index (Phi) is 8.41. The molecule has 6 heteroatoms. The van der Waals surface area contributed by atoms with Gasteiger partial charge in [-0.15, -0.1) is 0 Å². The Morgan fingerprint density at radius 3 is 2.58 bits per heavy atom. The Labute approximate surface area is 224 Å². The van der Waals surface area contributed by atoms with Gasteiger partial charge in [0.25, 0.3) is 0 Å². The molecule has 0 atom stereocenters. The van der Waals surface area contributed by atoms with Crippen LogP contribution in [0.1, 0.15) is 55.9 Å². The van der Waals surface area contributed by atoms with E-state index in [9.17, 15) is 9.90 Å².